The van der Waals surface area contributed by atoms with Crippen LogP contribution in [0.2, 0.25) is 5.02 Å². The van der Waals surface area contributed by atoms with Crippen LogP contribution >= 0.6 is 11.6 Å². The number of carbonyl (C=O) groups is 1. The van der Waals surface area contributed by atoms with Gasteiger partial charge in [0.05, 0.1) is 41.7 Å². The van der Waals surface area contributed by atoms with E-state index >= 15 is 0 Å². The molecule has 2 aromatic heterocycles. The number of fused-ring (bicyclic) bond motifs is 3. The maximum absolute atomic E-state index is 14.1. The fourth-order valence-corrected chi connectivity index (χ4v) is 5.27. The number of rotatable bonds is 6. The van der Waals surface area contributed by atoms with Crippen LogP contribution in [0.3, 0.4) is 0 Å². The Morgan fingerprint density at radius 1 is 1.32 bits per heavy atom. The van der Waals surface area contributed by atoms with Crippen molar-refractivity contribution in [2.75, 3.05) is 20.8 Å². The third-order valence-electron chi connectivity index (χ3n) is 6.96. The highest BCUT2D eigenvalue weighted by Gasteiger charge is 2.38. The van der Waals surface area contributed by atoms with Gasteiger partial charge in [-0.25, -0.2) is 13.9 Å². The second-order valence-electron chi connectivity index (χ2n) is 8.88. The normalized spacial score (nSPS) is 22.5. The first-order chi connectivity index (χ1) is 16.4. The molecule has 0 saturated carbocycles. The minimum atomic E-state index is -0.448. The summed E-state index contributed by atoms with van der Waals surface area (Å²) in [5.41, 5.74) is 2.66. The minimum absolute atomic E-state index is 0.114. The smallest absolute Gasteiger partial charge is 0.258 e. The molecule has 0 bridgehead atoms. The predicted molar refractivity (Wildman–Crippen MR) is 125 cm³/mol. The maximum atomic E-state index is 14.1. The lowest BCUT2D eigenvalue weighted by atomic mass is 10.1. The molecule has 4 heterocycles. The number of nitrogens with zero attached hydrogens (tertiary/aromatic N) is 5. The second kappa shape index (κ2) is 9.13. The summed E-state index contributed by atoms with van der Waals surface area (Å²) in [7, 11) is 3.78. The molecule has 2 aliphatic rings. The van der Waals surface area contributed by atoms with Gasteiger partial charge >= 0.3 is 0 Å². The molecule has 5 rings (SSSR count). The van der Waals surface area contributed by atoms with Gasteiger partial charge in [-0.1, -0.05) is 18.5 Å². The SMILES string of the molecule is CCC1C(OC)CC(COc2cc(F)ccc2C(=O)N2Cc3nn4cc(Cl)cnc4c3C2)N1C. The second-order valence-corrected chi connectivity index (χ2v) is 9.32. The lowest BCUT2D eigenvalue weighted by Gasteiger charge is -2.26. The highest BCUT2D eigenvalue weighted by Crippen LogP contribution is 2.31. The number of methoxy groups -OCH3 is 1. The van der Waals surface area contributed by atoms with Crippen molar-refractivity contribution in [3.63, 3.8) is 0 Å². The summed E-state index contributed by atoms with van der Waals surface area (Å²) < 4.78 is 27.4. The number of ether oxygens (including phenoxy) is 2. The first kappa shape index (κ1) is 23.0. The predicted octanol–water partition coefficient (Wildman–Crippen LogP) is 3.55. The van der Waals surface area contributed by atoms with Crippen molar-refractivity contribution in [2.45, 2.75) is 51.0 Å². The van der Waals surface area contributed by atoms with Crippen molar-refractivity contribution in [1.29, 1.82) is 0 Å². The number of likely N-dealkylation sites (tertiary alicyclic amines) is 1. The summed E-state index contributed by atoms with van der Waals surface area (Å²) in [6.45, 7) is 3.18. The van der Waals surface area contributed by atoms with Crippen molar-refractivity contribution in [2.24, 2.45) is 0 Å². The average molecular weight is 488 g/mol. The van der Waals surface area contributed by atoms with Gasteiger partial charge in [-0.05, 0) is 32.0 Å². The molecule has 1 saturated heterocycles. The molecular formula is C24H27ClFN5O3. The Morgan fingerprint density at radius 3 is 2.88 bits per heavy atom. The molecule has 0 aliphatic carbocycles. The summed E-state index contributed by atoms with van der Waals surface area (Å²) in [6.07, 6.45) is 5.17. The summed E-state index contributed by atoms with van der Waals surface area (Å²) in [4.78, 5) is 21.7. The summed E-state index contributed by atoms with van der Waals surface area (Å²) in [5.74, 6) is -0.437. The number of hydrogen-bond donors (Lipinski definition) is 0. The van der Waals surface area contributed by atoms with Crippen LogP contribution in [-0.4, -0.2) is 69.3 Å². The van der Waals surface area contributed by atoms with E-state index in [2.05, 4.69) is 29.0 Å². The van der Waals surface area contributed by atoms with E-state index in [0.29, 0.717) is 42.0 Å². The number of benzene rings is 1. The molecule has 34 heavy (non-hydrogen) atoms. The molecule has 180 valence electrons. The topological polar surface area (TPSA) is 72.2 Å². The van der Waals surface area contributed by atoms with Gasteiger partial charge < -0.3 is 14.4 Å². The Hall–Kier alpha value is -2.75. The molecule has 2 aliphatic heterocycles. The van der Waals surface area contributed by atoms with Crippen LogP contribution < -0.4 is 4.74 Å². The van der Waals surface area contributed by atoms with Gasteiger partial charge in [-0.3, -0.25) is 9.69 Å². The zero-order chi connectivity index (χ0) is 24.0. The van der Waals surface area contributed by atoms with Crippen molar-refractivity contribution < 1.29 is 18.7 Å². The largest absolute Gasteiger partial charge is 0.491 e. The monoisotopic (exact) mass is 487 g/mol. The van der Waals surface area contributed by atoms with E-state index < -0.39 is 5.82 Å². The third kappa shape index (κ3) is 4.01. The summed E-state index contributed by atoms with van der Waals surface area (Å²) in [5, 5.41) is 5.00. The molecular weight excluding hydrogens is 461 g/mol. The van der Waals surface area contributed by atoms with Gasteiger partial charge in [0.15, 0.2) is 5.65 Å². The quantitative estimate of drug-likeness (QED) is 0.529. The molecule has 3 unspecified atom stereocenters. The van der Waals surface area contributed by atoms with Crippen LogP contribution in [0, 0.1) is 5.82 Å². The highest BCUT2D eigenvalue weighted by molar-refractivity contribution is 6.30. The molecule has 10 heteroatoms. The molecule has 3 aromatic rings. The Bertz CT molecular complexity index is 1230. The van der Waals surface area contributed by atoms with E-state index in [1.54, 1.807) is 28.9 Å². The fraction of sp³-hybridized carbons (Fsp3) is 0.458. The number of aromatic nitrogens is 3. The van der Waals surface area contributed by atoms with Crippen LogP contribution in [0.25, 0.3) is 5.65 Å². The Balaban J connectivity index is 1.33. The molecule has 8 nitrogen and oxygen atoms in total. The van der Waals surface area contributed by atoms with Gasteiger partial charge in [-0.2, -0.15) is 5.10 Å². The van der Waals surface area contributed by atoms with Crippen LogP contribution in [-0.2, 0) is 17.8 Å². The number of halogens is 2. The summed E-state index contributed by atoms with van der Waals surface area (Å²) in [6, 6.07) is 4.47. The van der Waals surface area contributed by atoms with Crippen LogP contribution in [0.4, 0.5) is 4.39 Å². The first-order valence-corrected chi connectivity index (χ1v) is 11.7. The highest BCUT2D eigenvalue weighted by atomic mass is 35.5. The fourth-order valence-electron chi connectivity index (χ4n) is 5.13. The van der Waals surface area contributed by atoms with Gasteiger partial charge in [0, 0.05) is 37.0 Å². The Kier molecular flexibility index (Phi) is 6.18. The maximum Gasteiger partial charge on any atom is 0.258 e. The van der Waals surface area contributed by atoms with E-state index in [0.717, 1.165) is 24.1 Å². The zero-order valence-electron chi connectivity index (χ0n) is 19.4. The number of amides is 1. The van der Waals surface area contributed by atoms with Crippen molar-refractivity contribution >= 4 is 23.2 Å². The van der Waals surface area contributed by atoms with Crippen LogP contribution in [0.1, 0.15) is 41.4 Å². The Morgan fingerprint density at radius 2 is 2.15 bits per heavy atom. The van der Waals surface area contributed by atoms with Gasteiger partial charge in [0.2, 0.25) is 0 Å². The molecule has 1 aromatic carbocycles. The number of hydrogen-bond acceptors (Lipinski definition) is 6. The van der Waals surface area contributed by atoms with Crippen molar-refractivity contribution in [1.82, 2.24) is 24.4 Å². The lowest BCUT2D eigenvalue weighted by Crippen LogP contribution is -2.38. The average Bonchev–Trinajstić information content (AvgIpc) is 3.47. The minimum Gasteiger partial charge on any atom is -0.491 e. The molecule has 1 fully saturated rings. The molecule has 0 N–H and O–H groups in total. The Labute approximate surface area is 202 Å². The zero-order valence-corrected chi connectivity index (χ0v) is 20.1. The summed E-state index contributed by atoms with van der Waals surface area (Å²) >= 11 is 6.01. The van der Waals surface area contributed by atoms with Crippen LogP contribution in [0.5, 0.6) is 5.75 Å². The first-order valence-electron chi connectivity index (χ1n) is 11.4. The van der Waals surface area contributed by atoms with Crippen molar-refractivity contribution in [3.8, 4) is 5.75 Å². The van der Waals surface area contributed by atoms with Gasteiger partial charge in [0.25, 0.3) is 5.91 Å². The molecule has 3 atom stereocenters. The molecule has 1 amide bonds. The van der Waals surface area contributed by atoms with Crippen LogP contribution in [0.15, 0.2) is 30.6 Å². The van der Waals surface area contributed by atoms with Crippen molar-refractivity contribution in [3.05, 3.63) is 58.3 Å². The standard InChI is InChI=1S/C24H27ClFN5O3/c1-4-20-22(33-3)8-16(29(20)2)13-34-21-7-15(26)5-6-17(21)24(32)30-11-18-19(12-30)28-31-10-14(25)9-27-23(18)31/h5-7,9-10,16,20,22H,4,8,11-13H2,1-3H3. The number of likely N-dealkylation sites (N-methyl/N-ethyl adjacent to an activating group) is 1. The van der Waals surface area contributed by atoms with E-state index in [1.165, 1.54) is 18.2 Å². The number of carbonyl (C=O) groups excluding carboxylic acids is 1. The third-order valence-corrected chi connectivity index (χ3v) is 7.15. The lowest BCUT2D eigenvalue weighted by molar-refractivity contribution is 0.0688. The van der Waals surface area contributed by atoms with E-state index in [9.17, 15) is 9.18 Å². The van der Waals surface area contributed by atoms with Gasteiger partial charge in [-0.15, -0.1) is 0 Å². The van der Waals surface area contributed by atoms with E-state index in [-0.39, 0.29) is 23.8 Å². The molecule has 0 spiro atoms. The molecule has 0 radical (unpaired) electrons. The van der Waals surface area contributed by atoms with Gasteiger partial charge in [0.1, 0.15) is 18.2 Å². The van der Waals surface area contributed by atoms with E-state index in [1.807, 2.05) is 0 Å². The van der Waals surface area contributed by atoms with E-state index in [4.69, 9.17) is 21.1 Å².